The zero-order chi connectivity index (χ0) is 10.6. The molecule has 0 amide bonds. The van der Waals surface area contributed by atoms with Crippen molar-refractivity contribution in [1.82, 2.24) is 0 Å². The second-order valence-electron chi connectivity index (χ2n) is 2.91. The van der Waals surface area contributed by atoms with Crippen molar-refractivity contribution in [2.75, 3.05) is 0 Å². The largest absolute Gasteiger partial charge is 0.398 e. The molecule has 1 rings (SSSR count). The smallest absolute Gasteiger partial charge is 0.0444 e. The number of allylic oxidation sites excluding steroid dienone is 1. The Hall–Kier alpha value is -1.28. The van der Waals surface area contributed by atoms with Crippen LogP contribution in [0.2, 0.25) is 5.02 Å². The summed E-state index contributed by atoms with van der Waals surface area (Å²) in [5, 5.41) is 7.68. The van der Waals surface area contributed by atoms with E-state index in [1.165, 1.54) is 6.21 Å². The highest BCUT2D eigenvalue weighted by atomic mass is 35.5. The summed E-state index contributed by atoms with van der Waals surface area (Å²) in [6, 6.07) is 5.63. The summed E-state index contributed by atoms with van der Waals surface area (Å²) >= 11 is 6.03. The summed E-state index contributed by atoms with van der Waals surface area (Å²) in [7, 11) is 0. The molecule has 1 aromatic carbocycles. The minimum Gasteiger partial charge on any atom is -0.398 e. The average molecular weight is 209 g/mol. The maximum Gasteiger partial charge on any atom is 0.0444 e. The molecule has 3 heteroatoms. The Morgan fingerprint density at radius 3 is 2.86 bits per heavy atom. The van der Waals surface area contributed by atoms with Crippen LogP contribution < -0.4 is 5.73 Å². The Morgan fingerprint density at radius 2 is 2.29 bits per heavy atom. The first-order valence-corrected chi connectivity index (χ1v) is 4.82. The predicted octanol–water partition coefficient (Wildman–Crippen LogP) is 2.85. The molecular formula is C11H13ClN2. The Balaban J connectivity index is 3.26. The van der Waals surface area contributed by atoms with E-state index in [9.17, 15) is 0 Å². The zero-order valence-electron chi connectivity index (χ0n) is 8.05. The van der Waals surface area contributed by atoms with Gasteiger partial charge >= 0.3 is 0 Å². The van der Waals surface area contributed by atoms with Crippen molar-refractivity contribution in [2.45, 2.75) is 13.3 Å². The molecule has 0 saturated heterocycles. The van der Waals surface area contributed by atoms with Crippen LogP contribution in [0.25, 0.3) is 5.70 Å². The molecular weight excluding hydrogens is 196 g/mol. The second-order valence-corrected chi connectivity index (χ2v) is 3.32. The van der Waals surface area contributed by atoms with Crippen LogP contribution in [0.5, 0.6) is 0 Å². The normalized spacial score (nSPS) is 11.4. The Bertz CT molecular complexity index is 370. The summed E-state index contributed by atoms with van der Waals surface area (Å²) in [5.41, 5.74) is 8.34. The van der Waals surface area contributed by atoms with Gasteiger partial charge in [-0.25, -0.2) is 0 Å². The quantitative estimate of drug-likeness (QED) is 0.738. The van der Waals surface area contributed by atoms with Crippen molar-refractivity contribution in [2.24, 2.45) is 5.73 Å². The molecule has 0 spiro atoms. The number of rotatable bonds is 3. The number of nitrogens with two attached hydrogens (primary N) is 1. The molecule has 3 N–H and O–H groups in total. The maximum absolute atomic E-state index is 6.95. The summed E-state index contributed by atoms with van der Waals surface area (Å²) in [5.74, 6) is 0. The number of hydrogen-bond acceptors (Lipinski definition) is 2. The molecule has 0 aromatic heterocycles. The minimum atomic E-state index is 0.583. The van der Waals surface area contributed by atoms with Crippen LogP contribution >= 0.6 is 11.6 Å². The highest BCUT2D eigenvalue weighted by molar-refractivity contribution is 6.31. The maximum atomic E-state index is 6.95. The Morgan fingerprint density at radius 1 is 1.57 bits per heavy atom. The molecule has 0 radical (unpaired) electrons. The SMILES string of the molecule is CCc1c(Cl)cccc1/C(N)=C/C=N. The van der Waals surface area contributed by atoms with Gasteiger partial charge in [0.1, 0.15) is 0 Å². The van der Waals surface area contributed by atoms with E-state index >= 15 is 0 Å². The Labute approximate surface area is 88.9 Å². The van der Waals surface area contributed by atoms with Gasteiger partial charge in [0.25, 0.3) is 0 Å². The van der Waals surface area contributed by atoms with Gasteiger partial charge in [-0.05, 0) is 24.1 Å². The summed E-state index contributed by atoms with van der Waals surface area (Å²) in [6.45, 7) is 2.03. The lowest BCUT2D eigenvalue weighted by molar-refractivity contribution is 1.13. The van der Waals surface area contributed by atoms with Crippen LogP contribution in [0.3, 0.4) is 0 Å². The molecule has 0 aliphatic heterocycles. The van der Waals surface area contributed by atoms with E-state index in [-0.39, 0.29) is 0 Å². The molecule has 14 heavy (non-hydrogen) atoms. The fraction of sp³-hybridized carbons (Fsp3) is 0.182. The van der Waals surface area contributed by atoms with Crippen LogP contribution in [0.1, 0.15) is 18.1 Å². The molecule has 0 atom stereocenters. The summed E-state index contributed by atoms with van der Waals surface area (Å²) in [6.07, 6.45) is 3.57. The lowest BCUT2D eigenvalue weighted by atomic mass is 10.0. The summed E-state index contributed by atoms with van der Waals surface area (Å²) < 4.78 is 0. The van der Waals surface area contributed by atoms with Crippen molar-refractivity contribution >= 4 is 23.5 Å². The molecule has 0 fully saturated rings. The average Bonchev–Trinajstić information content (AvgIpc) is 2.17. The van der Waals surface area contributed by atoms with Crippen molar-refractivity contribution in [3.8, 4) is 0 Å². The molecule has 74 valence electrons. The van der Waals surface area contributed by atoms with Crippen LogP contribution in [0, 0.1) is 5.41 Å². The number of benzene rings is 1. The third-order valence-corrected chi connectivity index (χ3v) is 2.40. The third kappa shape index (κ3) is 2.15. The van der Waals surface area contributed by atoms with Gasteiger partial charge < -0.3 is 11.1 Å². The van der Waals surface area contributed by atoms with E-state index in [1.807, 2.05) is 25.1 Å². The van der Waals surface area contributed by atoms with E-state index in [1.54, 1.807) is 6.08 Å². The van der Waals surface area contributed by atoms with Crippen molar-refractivity contribution < 1.29 is 0 Å². The molecule has 0 heterocycles. The lowest BCUT2D eigenvalue weighted by Gasteiger charge is -2.09. The van der Waals surface area contributed by atoms with Gasteiger partial charge in [0.2, 0.25) is 0 Å². The fourth-order valence-corrected chi connectivity index (χ4v) is 1.68. The molecule has 0 saturated carbocycles. The van der Waals surface area contributed by atoms with Crippen LogP contribution in [-0.4, -0.2) is 6.21 Å². The van der Waals surface area contributed by atoms with E-state index in [2.05, 4.69) is 0 Å². The number of hydrogen-bond donors (Lipinski definition) is 2. The first-order valence-electron chi connectivity index (χ1n) is 4.44. The second kappa shape index (κ2) is 4.82. The van der Waals surface area contributed by atoms with Gasteiger partial charge in [-0.3, -0.25) is 0 Å². The summed E-state index contributed by atoms with van der Waals surface area (Å²) in [4.78, 5) is 0. The first kappa shape index (κ1) is 10.8. The fourth-order valence-electron chi connectivity index (χ4n) is 1.37. The third-order valence-electron chi connectivity index (χ3n) is 2.05. The lowest BCUT2D eigenvalue weighted by Crippen LogP contribution is -2.01. The molecule has 0 unspecified atom stereocenters. The standard InChI is InChI=1S/C11H13ClN2/c1-2-8-9(11(14)6-7-13)4-3-5-10(8)12/h3-7,13H,2,14H2,1H3/b11-6-,13-7?. The van der Waals surface area contributed by atoms with Crippen molar-refractivity contribution in [3.05, 3.63) is 40.4 Å². The topological polar surface area (TPSA) is 49.9 Å². The Kier molecular flexibility index (Phi) is 3.72. The number of nitrogens with one attached hydrogen (secondary N) is 1. The van der Waals surface area contributed by atoms with Crippen molar-refractivity contribution in [3.63, 3.8) is 0 Å². The van der Waals surface area contributed by atoms with E-state index in [0.717, 1.165) is 22.6 Å². The molecule has 2 nitrogen and oxygen atoms in total. The zero-order valence-corrected chi connectivity index (χ0v) is 8.81. The van der Waals surface area contributed by atoms with E-state index < -0.39 is 0 Å². The molecule has 0 aliphatic rings. The monoisotopic (exact) mass is 208 g/mol. The molecule has 0 bridgehead atoms. The molecule has 0 aliphatic carbocycles. The van der Waals surface area contributed by atoms with E-state index in [0.29, 0.717) is 5.70 Å². The van der Waals surface area contributed by atoms with Gasteiger partial charge in [-0.15, -0.1) is 0 Å². The minimum absolute atomic E-state index is 0.583. The van der Waals surface area contributed by atoms with Gasteiger partial charge in [0.05, 0.1) is 0 Å². The predicted molar refractivity (Wildman–Crippen MR) is 61.8 cm³/mol. The van der Waals surface area contributed by atoms with Crippen LogP contribution in [-0.2, 0) is 6.42 Å². The van der Waals surface area contributed by atoms with Crippen LogP contribution in [0.4, 0.5) is 0 Å². The van der Waals surface area contributed by atoms with E-state index in [4.69, 9.17) is 22.7 Å². The van der Waals surface area contributed by atoms with Crippen molar-refractivity contribution in [1.29, 1.82) is 5.41 Å². The van der Waals surface area contributed by atoms with Crippen LogP contribution in [0.15, 0.2) is 24.3 Å². The number of halogens is 1. The van der Waals surface area contributed by atoms with Gasteiger partial charge in [-0.1, -0.05) is 30.7 Å². The van der Waals surface area contributed by atoms with Gasteiger partial charge in [0, 0.05) is 22.5 Å². The van der Waals surface area contributed by atoms with Gasteiger partial charge in [0.15, 0.2) is 0 Å². The highest BCUT2D eigenvalue weighted by Crippen LogP contribution is 2.23. The highest BCUT2D eigenvalue weighted by Gasteiger charge is 2.06. The van der Waals surface area contributed by atoms with Gasteiger partial charge in [-0.2, -0.15) is 0 Å². The molecule has 1 aromatic rings. The first-order chi connectivity index (χ1) is 6.70.